The Morgan fingerprint density at radius 1 is 1.26 bits per heavy atom. The molecule has 0 bridgehead atoms. The van der Waals surface area contributed by atoms with Crippen LogP contribution in [0, 0.1) is 16.0 Å². The molecular formula is C14H22N2O3. The van der Waals surface area contributed by atoms with Crippen molar-refractivity contribution in [2.45, 2.75) is 39.3 Å². The van der Waals surface area contributed by atoms with E-state index in [9.17, 15) is 15.2 Å². The lowest BCUT2D eigenvalue weighted by molar-refractivity contribution is -0.384. The third-order valence-corrected chi connectivity index (χ3v) is 2.97. The molecule has 5 nitrogen and oxygen atoms in total. The third kappa shape index (κ3) is 5.36. The monoisotopic (exact) mass is 266 g/mol. The van der Waals surface area contributed by atoms with Crippen LogP contribution in [0.15, 0.2) is 24.3 Å². The highest BCUT2D eigenvalue weighted by molar-refractivity contribution is 5.33. The molecule has 19 heavy (non-hydrogen) atoms. The average Bonchev–Trinajstić information content (AvgIpc) is 2.35. The number of hydrogen-bond donors (Lipinski definition) is 2. The predicted octanol–water partition coefficient (Wildman–Crippen LogP) is 2.65. The van der Waals surface area contributed by atoms with Crippen molar-refractivity contribution < 1.29 is 10.0 Å². The maximum absolute atomic E-state index is 10.5. The molecule has 2 unspecified atom stereocenters. The molecule has 0 fully saturated rings. The van der Waals surface area contributed by atoms with E-state index in [0.29, 0.717) is 24.1 Å². The molecular weight excluding hydrogens is 244 g/mol. The van der Waals surface area contributed by atoms with Crippen LogP contribution in [0.1, 0.15) is 38.9 Å². The normalized spacial score (nSPS) is 14.4. The molecule has 0 spiro atoms. The van der Waals surface area contributed by atoms with E-state index in [-0.39, 0.29) is 5.69 Å². The summed E-state index contributed by atoms with van der Waals surface area (Å²) in [7, 11) is 0. The molecule has 2 atom stereocenters. The predicted molar refractivity (Wildman–Crippen MR) is 75.0 cm³/mol. The van der Waals surface area contributed by atoms with E-state index in [4.69, 9.17) is 0 Å². The topological polar surface area (TPSA) is 75.4 Å². The van der Waals surface area contributed by atoms with E-state index in [1.807, 2.05) is 0 Å². The molecule has 0 radical (unpaired) electrons. The van der Waals surface area contributed by atoms with E-state index >= 15 is 0 Å². The van der Waals surface area contributed by atoms with Crippen LogP contribution in [-0.2, 0) is 0 Å². The first-order chi connectivity index (χ1) is 8.90. The van der Waals surface area contributed by atoms with Gasteiger partial charge in [0.25, 0.3) is 5.69 Å². The zero-order valence-electron chi connectivity index (χ0n) is 11.7. The van der Waals surface area contributed by atoms with E-state index < -0.39 is 11.0 Å². The Morgan fingerprint density at radius 2 is 1.84 bits per heavy atom. The molecule has 0 saturated heterocycles. The largest absolute Gasteiger partial charge is 0.387 e. The van der Waals surface area contributed by atoms with Gasteiger partial charge < -0.3 is 10.4 Å². The van der Waals surface area contributed by atoms with Crippen LogP contribution in [0.5, 0.6) is 0 Å². The highest BCUT2D eigenvalue weighted by Crippen LogP contribution is 2.17. The van der Waals surface area contributed by atoms with Crippen LogP contribution in [-0.4, -0.2) is 22.6 Å². The molecule has 0 aliphatic rings. The van der Waals surface area contributed by atoms with Crippen LogP contribution >= 0.6 is 0 Å². The van der Waals surface area contributed by atoms with Crippen LogP contribution in [0.25, 0.3) is 0 Å². The van der Waals surface area contributed by atoms with Gasteiger partial charge in [0, 0.05) is 24.7 Å². The van der Waals surface area contributed by atoms with Crippen molar-refractivity contribution in [3.63, 3.8) is 0 Å². The molecule has 0 aromatic heterocycles. The first-order valence-corrected chi connectivity index (χ1v) is 6.56. The van der Waals surface area contributed by atoms with Crippen molar-refractivity contribution in [2.75, 3.05) is 6.54 Å². The maximum Gasteiger partial charge on any atom is 0.269 e. The average molecular weight is 266 g/mol. The Kier molecular flexibility index (Phi) is 5.92. The standard InChI is InChI=1S/C14H22N2O3/c1-10(2)8-11(3)15-9-14(17)12-4-6-13(7-5-12)16(18)19/h4-7,10-11,14-15,17H,8-9H2,1-3H3. The summed E-state index contributed by atoms with van der Waals surface area (Å²) in [6, 6.07) is 6.36. The van der Waals surface area contributed by atoms with Crippen molar-refractivity contribution in [1.29, 1.82) is 0 Å². The number of hydrogen-bond acceptors (Lipinski definition) is 4. The number of aliphatic hydroxyl groups is 1. The summed E-state index contributed by atoms with van der Waals surface area (Å²) in [5.41, 5.74) is 0.729. The van der Waals surface area contributed by atoms with E-state index in [0.717, 1.165) is 6.42 Å². The lowest BCUT2D eigenvalue weighted by atomic mass is 10.0. The SMILES string of the molecule is CC(C)CC(C)NCC(O)c1ccc([N+](=O)[O-])cc1. The van der Waals surface area contributed by atoms with Gasteiger partial charge in [-0.05, 0) is 37.0 Å². The second-order valence-corrected chi connectivity index (χ2v) is 5.30. The second kappa shape index (κ2) is 7.21. The molecule has 1 aromatic carbocycles. The fraction of sp³-hybridized carbons (Fsp3) is 0.571. The summed E-state index contributed by atoms with van der Waals surface area (Å²) in [5, 5.41) is 23.8. The molecule has 0 saturated carbocycles. The Balaban J connectivity index is 2.49. The van der Waals surface area contributed by atoms with Gasteiger partial charge in [0.1, 0.15) is 0 Å². The quantitative estimate of drug-likeness (QED) is 0.587. The van der Waals surface area contributed by atoms with E-state index in [2.05, 4.69) is 26.1 Å². The van der Waals surface area contributed by atoms with Gasteiger partial charge in [-0.25, -0.2) is 0 Å². The van der Waals surface area contributed by atoms with Crippen molar-refractivity contribution in [3.05, 3.63) is 39.9 Å². The third-order valence-electron chi connectivity index (χ3n) is 2.97. The van der Waals surface area contributed by atoms with Gasteiger partial charge in [0.15, 0.2) is 0 Å². The molecule has 0 heterocycles. The van der Waals surface area contributed by atoms with Crippen LogP contribution < -0.4 is 5.32 Å². The summed E-state index contributed by atoms with van der Waals surface area (Å²) < 4.78 is 0. The van der Waals surface area contributed by atoms with Crippen LogP contribution in [0.2, 0.25) is 0 Å². The zero-order chi connectivity index (χ0) is 14.4. The number of benzene rings is 1. The summed E-state index contributed by atoms with van der Waals surface area (Å²) in [6.07, 6.45) is 0.405. The number of nitrogens with one attached hydrogen (secondary N) is 1. The van der Waals surface area contributed by atoms with E-state index in [1.165, 1.54) is 12.1 Å². The van der Waals surface area contributed by atoms with Crippen LogP contribution in [0.3, 0.4) is 0 Å². The smallest absolute Gasteiger partial charge is 0.269 e. The maximum atomic E-state index is 10.5. The zero-order valence-corrected chi connectivity index (χ0v) is 11.7. The lowest BCUT2D eigenvalue weighted by Crippen LogP contribution is -2.31. The van der Waals surface area contributed by atoms with Gasteiger partial charge in [0.05, 0.1) is 11.0 Å². The number of nitrogens with zero attached hydrogens (tertiary/aromatic N) is 1. The Labute approximate surface area is 113 Å². The molecule has 5 heteroatoms. The minimum atomic E-state index is -0.643. The number of rotatable bonds is 7. The summed E-state index contributed by atoms with van der Waals surface area (Å²) in [4.78, 5) is 10.1. The summed E-state index contributed by atoms with van der Waals surface area (Å²) in [6.45, 7) is 6.85. The summed E-state index contributed by atoms with van der Waals surface area (Å²) >= 11 is 0. The molecule has 1 rings (SSSR count). The van der Waals surface area contributed by atoms with Gasteiger partial charge in [-0.3, -0.25) is 10.1 Å². The Bertz CT molecular complexity index is 404. The Hall–Kier alpha value is -1.46. The van der Waals surface area contributed by atoms with Crippen molar-refractivity contribution in [2.24, 2.45) is 5.92 Å². The van der Waals surface area contributed by atoms with Gasteiger partial charge in [-0.2, -0.15) is 0 Å². The van der Waals surface area contributed by atoms with Crippen molar-refractivity contribution in [1.82, 2.24) is 5.32 Å². The lowest BCUT2D eigenvalue weighted by Gasteiger charge is -2.18. The molecule has 0 amide bonds. The van der Waals surface area contributed by atoms with Crippen molar-refractivity contribution >= 4 is 5.69 Å². The number of nitro groups is 1. The summed E-state index contributed by atoms with van der Waals surface area (Å²) in [5.74, 6) is 0.610. The fourth-order valence-electron chi connectivity index (χ4n) is 2.04. The minimum Gasteiger partial charge on any atom is -0.387 e. The number of nitro benzene ring substituents is 1. The molecule has 1 aromatic rings. The first kappa shape index (κ1) is 15.6. The minimum absolute atomic E-state index is 0.0390. The number of non-ortho nitro benzene ring substituents is 1. The Morgan fingerprint density at radius 3 is 2.32 bits per heavy atom. The molecule has 106 valence electrons. The second-order valence-electron chi connectivity index (χ2n) is 5.30. The number of aliphatic hydroxyl groups excluding tert-OH is 1. The highest BCUT2D eigenvalue weighted by Gasteiger charge is 2.12. The molecule has 0 aliphatic heterocycles. The molecule has 0 aliphatic carbocycles. The highest BCUT2D eigenvalue weighted by atomic mass is 16.6. The fourth-order valence-corrected chi connectivity index (χ4v) is 2.04. The van der Waals surface area contributed by atoms with Gasteiger partial charge in [-0.1, -0.05) is 13.8 Å². The van der Waals surface area contributed by atoms with E-state index in [1.54, 1.807) is 12.1 Å². The van der Waals surface area contributed by atoms with Crippen molar-refractivity contribution in [3.8, 4) is 0 Å². The van der Waals surface area contributed by atoms with Gasteiger partial charge >= 0.3 is 0 Å². The first-order valence-electron chi connectivity index (χ1n) is 6.56. The van der Waals surface area contributed by atoms with Crippen LogP contribution in [0.4, 0.5) is 5.69 Å². The van der Waals surface area contributed by atoms with Gasteiger partial charge in [0.2, 0.25) is 0 Å². The van der Waals surface area contributed by atoms with Gasteiger partial charge in [-0.15, -0.1) is 0 Å². The molecule has 2 N–H and O–H groups in total.